The van der Waals surface area contributed by atoms with Gasteiger partial charge in [-0.15, -0.1) is 0 Å². The van der Waals surface area contributed by atoms with Crippen LogP contribution in [0.25, 0.3) is 56.4 Å². The molecule has 0 saturated heterocycles. The van der Waals surface area contributed by atoms with Crippen LogP contribution in [0.3, 0.4) is 0 Å². The Kier molecular flexibility index (Phi) is 7.32. The topological polar surface area (TPSA) is 68.1 Å². The zero-order chi connectivity index (χ0) is 28.0. The lowest BCUT2D eigenvalue weighted by molar-refractivity contribution is 0.360. The molecule has 1 aromatic heterocycles. The van der Waals surface area contributed by atoms with Gasteiger partial charge in [-0.05, 0) is 34.4 Å². The molecule has 0 unspecified atom stereocenters. The van der Waals surface area contributed by atoms with Crippen LogP contribution < -0.4 is 4.74 Å². The Morgan fingerprint density at radius 2 is 0.976 bits per heavy atom. The van der Waals surface area contributed by atoms with Gasteiger partial charge in [0, 0.05) is 17.2 Å². The largest absolute Gasteiger partial charge is 0.507 e. The molecule has 5 nitrogen and oxygen atoms in total. The molecule has 198 valence electrons. The first-order chi connectivity index (χ1) is 20.2. The summed E-state index contributed by atoms with van der Waals surface area (Å²) in [4.78, 5) is 14.4. The lowest BCUT2D eigenvalue weighted by Crippen LogP contribution is -2.01. The van der Waals surface area contributed by atoms with Crippen LogP contribution in [0.4, 0.5) is 0 Å². The van der Waals surface area contributed by atoms with Gasteiger partial charge in [-0.2, -0.15) is 0 Å². The Morgan fingerprint density at radius 1 is 0.537 bits per heavy atom. The van der Waals surface area contributed by atoms with Gasteiger partial charge in [0.1, 0.15) is 18.1 Å². The smallest absolute Gasteiger partial charge is 0.167 e. The highest BCUT2D eigenvalue weighted by atomic mass is 16.5. The molecule has 0 spiro atoms. The second kappa shape index (κ2) is 11.7. The molecule has 5 heteroatoms. The molecule has 41 heavy (non-hydrogen) atoms. The van der Waals surface area contributed by atoms with Crippen molar-refractivity contribution in [1.29, 1.82) is 0 Å². The van der Waals surface area contributed by atoms with Crippen molar-refractivity contribution in [3.05, 3.63) is 140 Å². The third kappa shape index (κ3) is 5.75. The number of nitrogens with zero attached hydrogens (tertiary/aromatic N) is 3. The molecular weight excluding hydrogens is 506 g/mol. The Balaban J connectivity index is 1.42. The number of aromatic hydroxyl groups is 1. The number of hydrogen-bond acceptors (Lipinski definition) is 5. The number of phenols is 1. The van der Waals surface area contributed by atoms with Crippen LogP contribution in [0.15, 0.2) is 140 Å². The number of benzene rings is 5. The van der Waals surface area contributed by atoms with Gasteiger partial charge in [-0.25, -0.2) is 15.0 Å². The minimum absolute atomic E-state index is 0.0218. The van der Waals surface area contributed by atoms with Crippen molar-refractivity contribution < 1.29 is 9.84 Å². The van der Waals surface area contributed by atoms with Crippen LogP contribution in [0, 0.1) is 0 Å². The predicted octanol–water partition coefficient (Wildman–Crippen LogP) is 8.48. The van der Waals surface area contributed by atoms with Crippen molar-refractivity contribution in [2.75, 3.05) is 6.61 Å². The van der Waals surface area contributed by atoms with E-state index in [-0.39, 0.29) is 5.75 Å². The summed E-state index contributed by atoms with van der Waals surface area (Å²) in [6.45, 7) is 4.02. The Morgan fingerprint density at radius 3 is 1.44 bits per heavy atom. The number of aromatic nitrogens is 3. The van der Waals surface area contributed by atoms with E-state index in [2.05, 4.69) is 55.1 Å². The lowest BCUT2D eigenvalue weighted by Gasteiger charge is -2.11. The van der Waals surface area contributed by atoms with Gasteiger partial charge >= 0.3 is 0 Å². The SMILES string of the molecule is C=CCOc1ccc(-c2nc(-c3ccc(-c4ccccc4)cc3)nc(-c3ccc(-c4ccccc4)cc3)n2)c(O)c1. The molecule has 0 saturated carbocycles. The average Bonchev–Trinajstić information content (AvgIpc) is 3.04. The predicted molar refractivity (Wildman–Crippen MR) is 164 cm³/mol. The molecule has 0 fully saturated rings. The summed E-state index contributed by atoms with van der Waals surface area (Å²) in [6, 6.07) is 41.8. The molecule has 0 bridgehead atoms. The molecule has 1 N–H and O–H groups in total. The first-order valence-corrected chi connectivity index (χ1v) is 13.3. The minimum atomic E-state index is 0.0218. The maximum absolute atomic E-state index is 10.9. The highest BCUT2D eigenvalue weighted by Gasteiger charge is 2.16. The van der Waals surface area contributed by atoms with E-state index in [4.69, 9.17) is 19.7 Å². The van der Waals surface area contributed by atoms with Gasteiger partial charge < -0.3 is 9.84 Å². The van der Waals surface area contributed by atoms with Gasteiger partial charge in [-0.3, -0.25) is 0 Å². The van der Waals surface area contributed by atoms with Crippen LogP contribution in [-0.4, -0.2) is 26.7 Å². The maximum atomic E-state index is 10.9. The Labute approximate surface area is 239 Å². The molecule has 0 aliphatic rings. The third-order valence-electron chi connectivity index (χ3n) is 6.71. The molecule has 0 atom stereocenters. The van der Waals surface area contributed by atoms with E-state index in [1.807, 2.05) is 60.7 Å². The molecule has 0 aliphatic carbocycles. The van der Waals surface area contributed by atoms with E-state index in [1.165, 1.54) is 0 Å². The maximum Gasteiger partial charge on any atom is 0.167 e. The summed E-state index contributed by atoms with van der Waals surface area (Å²) in [7, 11) is 0. The quantitative estimate of drug-likeness (QED) is 0.199. The molecule has 6 aromatic rings. The Bertz CT molecular complexity index is 1680. The minimum Gasteiger partial charge on any atom is -0.507 e. The number of ether oxygens (including phenoxy) is 1. The van der Waals surface area contributed by atoms with Crippen molar-refractivity contribution in [3.63, 3.8) is 0 Å². The Hall–Kier alpha value is -5.55. The zero-order valence-electron chi connectivity index (χ0n) is 22.3. The second-order valence-electron chi connectivity index (χ2n) is 9.47. The third-order valence-corrected chi connectivity index (χ3v) is 6.71. The van der Waals surface area contributed by atoms with Crippen LogP contribution in [0.5, 0.6) is 11.5 Å². The molecule has 0 amide bonds. The summed E-state index contributed by atoms with van der Waals surface area (Å²) >= 11 is 0. The molecule has 0 aliphatic heterocycles. The highest BCUT2D eigenvalue weighted by Crippen LogP contribution is 2.33. The highest BCUT2D eigenvalue weighted by molar-refractivity contribution is 5.73. The number of phenolic OH excluding ortho intramolecular Hbond substituents is 1. The van der Waals surface area contributed by atoms with Crippen molar-refractivity contribution in [2.45, 2.75) is 0 Å². The molecule has 0 radical (unpaired) electrons. The zero-order valence-corrected chi connectivity index (χ0v) is 22.3. The standard InChI is InChI=1S/C36H27N3O2/c1-2-23-41-31-21-22-32(33(40)24-31)36-38-34(29-17-13-27(14-18-29)25-9-5-3-6-10-25)37-35(39-36)30-19-15-28(16-20-30)26-11-7-4-8-12-26/h2-22,24,40H,1,23H2. The average molecular weight is 534 g/mol. The summed E-state index contributed by atoms with van der Waals surface area (Å²) in [5.74, 6) is 1.96. The van der Waals surface area contributed by atoms with E-state index >= 15 is 0 Å². The van der Waals surface area contributed by atoms with Crippen LogP contribution >= 0.6 is 0 Å². The van der Waals surface area contributed by atoms with Crippen molar-refractivity contribution in [1.82, 2.24) is 15.0 Å². The number of hydrogen-bond donors (Lipinski definition) is 1. The summed E-state index contributed by atoms with van der Waals surface area (Å²) in [5, 5.41) is 10.9. The van der Waals surface area contributed by atoms with Crippen molar-refractivity contribution >= 4 is 0 Å². The fraction of sp³-hybridized carbons (Fsp3) is 0.0278. The number of rotatable bonds is 8. The summed E-state index contributed by atoms with van der Waals surface area (Å²) in [5.41, 5.74) is 6.67. The van der Waals surface area contributed by atoms with Crippen molar-refractivity contribution in [2.24, 2.45) is 0 Å². The lowest BCUT2D eigenvalue weighted by atomic mass is 10.0. The van der Waals surface area contributed by atoms with Crippen LogP contribution in [-0.2, 0) is 0 Å². The molecule has 1 heterocycles. The normalized spacial score (nSPS) is 10.7. The van der Waals surface area contributed by atoms with Gasteiger partial charge in [0.2, 0.25) is 0 Å². The van der Waals surface area contributed by atoms with Crippen LogP contribution in [0.2, 0.25) is 0 Å². The van der Waals surface area contributed by atoms with E-state index in [0.29, 0.717) is 35.4 Å². The van der Waals surface area contributed by atoms with Gasteiger partial charge in [0.15, 0.2) is 17.5 Å². The summed E-state index contributed by atoms with van der Waals surface area (Å²) in [6.07, 6.45) is 1.65. The van der Waals surface area contributed by atoms with E-state index in [9.17, 15) is 5.11 Å². The van der Waals surface area contributed by atoms with Crippen LogP contribution in [0.1, 0.15) is 0 Å². The van der Waals surface area contributed by atoms with Gasteiger partial charge in [0.25, 0.3) is 0 Å². The second-order valence-corrected chi connectivity index (χ2v) is 9.47. The molecule has 5 aromatic carbocycles. The van der Waals surface area contributed by atoms with E-state index in [0.717, 1.165) is 33.4 Å². The monoisotopic (exact) mass is 533 g/mol. The van der Waals surface area contributed by atoms with Crippen molar-refractivity contribution in [3.8, 4) is 67.9 Å². The van der Waals surface area contributed by atoms with E-state index in [1.54, 1.807) is 24.3 Å². The van der Waals surface area contributed by atoms with Gasteiger partial charge in [0.05, 0.1) is 5.56 Å². The molecule has 6 rings (SSSR count). The summed E-state index contributed by atoms with van der Waals surface area (Å²) < 4.78 is 5.58. The molecular formula is C36H27N3O2. The first kappa shape index (κ1) is 25.7. The van der Waals surface area contributed by atoms with Gasteiger partial charge in [-0.1, -0.05) is 122 Å². The fourth-order valence-electron chi connectivity index (χ4n) is 4.58. The first-order valence-electron chi connectivity index (χ1n) is 13.3. The van der Waals surface area contributed by atoms with E-state index < -0.39 is 0 Å². The fourth-order valence-corrected chi connectivity index (χ4v) is 4.58.